The SMILES string of the molecule is CC(C)(C)C1CCC(CC(CN)CO)CC1. The molecule has 0 heterocycles. The van der Waals surface area contributed by atoms with Crippen LogP contribution in [0.25, 0.3) is 0 Å². The lowest BCUT2D eigenvalue weighted by Crippen LogP contribution is -2.28. The van der Waals surface area contributed by atoms with E-state index in [1.165, 1.54) is 25.7 Å². The van der Waals surface area contributed by atoms with Crippen molar-refractivity contribution in [3.63, 3.8) is 0 Å². The maximum absolute atomic E-state index is 9.16. The summed E-state index contributed by atoms with van der Waals surface area (Å²) in [7, 11) is 0. The van der Waals surface area contributed by atoms with Crippen molar-refractivity contribution >= 4 is 0 Å². The summed E-state index contributed by atoms with van der Waals surface area (Å²) in [5.74, 6) is 2.02. The number of aliphatic hydroxyl groups is 1. The summed E-state index contributed by atoms with van der Waals surface area (Å²) in [5, 5.41) is 9.16. The number of hydrogen-bond donors (Lipinski definition) is 2. The predicted octanol–water partition coefficient (Wildman–Crippen LogP) is 2.80. The van der Waals surface area contributed by atoms with E-state index in [0.717, 1.165) is 18.3 Å². The molecule has 1 aliphatic rings. The molecule has 0 aromatic rings. The Bertz CT molecular complexity index is 185. The third-order valence-electron chi connectivity index (χ3n) is 4.33. The van der Waals surface area contributed by atoms with E-state index < -0.39 is 0 Å². The van der Waals surface area contributed by atoms with Crippen LogP contribution in [0.2, 0.25) is 0 Å². The van der Waals surface area contributed by atoms with Crippen LogP contribution in [0.1, 0.15) is 52.9 Å². The predicted molar refractivity (Wildman–Crippen MR) is 69.2 cm³/mol. The highest BCUT2D eigenvalue weighted by Crippen LogP contribution is 2.41. The fourth-order valence-electron chi connectivity index (χ4n) is 2.98. The van der Waals surface area contributed by atoms with Crippen LogP contribution in [0, 0.1) is 23.2 Å². The average molecular weight is 227 g/mol. The molecule has 1 atom stereocenters. The highest BCUT2D eigenvalue weighted by Gasteiger charge is 2.30. The Kier molecular flexibility index (Phi) is 5.26. The van der Waals surface area contributed by atoms with Crippen LogP contribution in [0.5, 0.6) is 0 Å². The van der Waals surface area contributed by atoms with Crippen molar-refractivity contribution < 1.29 is 5.11 Å². The van der Waals surface area contributed by atoms with Gasteiger partial charge in [-0.05, 0) is 49.0 Å². The molecule has 3 N–H and O–H groups in total. The molecule has 0 spiro atoms. The van der Waals surface area contributed by atoms with Crippen LogP contribution >= 0.6 is 0 Å². The van der Waals surface area contributed by atoms with E-state index >= 15 is 0 Å². The molecule has 96 valence electrons. The monoisotopic (exact) mass is 227 g/mol. The van der Waals surface area contributed by atoms with Crippen LogP contribution in [0.4, 0.5) is 0 Å². The van der Waals surface area contributed by atoms with Crippen LogP contribution in [0.15, 0.2) is 0 Å². The highest BCUT2D eigenvalue weighted by atomic mass is 16.3. The van der Waals surface area contributed by atoms with Gasteiger partial charge in [0, 0.05) is 6.61 Å². The van der Waals surface area contributed by atoms with Crippen molar-refractivity contribution in [2.45, 2.75) is 52.9 Å². The molecule has 1 rings (SSSR count). The largest absolute Gasteiger partial charge is 0.396 e. The molecule has 0 radical (unpaired) electrons. The van der Waals surface area contributed by atoms with Gasteiger partial charge in [0.15, 0.2) is 0 Å². The summed E-state index contributed by atoms with van der Waals surface area (Å²) in [6.07, 6.45) is 6.51. The van der Waals surface area contributed by atoms with Gasteiger partial charge in [0.05, 0.1) is 0 Å². The molecule has 0 aliphatic heterocycles. The molecule has 0 aromatic carbocycles. The van der Waals surface area contributed by atoms with Crippen molar-refractivity contribution in [3.05, 3.63) is 0 Å². The number of aliphatic hydroxyl groups excluding tert-OH is 1. The van der Waals surface area contributed by atoms with Crippen molar-refractivity contribution in [3.8, 4) is 0 Å². The summed E-state index contributed by atoms with van der Waals surface area (Å²) in [6, 6.07) is 0. The zero-order valence-electron chi connectivity index (χ0n) is 11.2. The third kappa shape index (κ3) is 4.06. The Morgan fingerprint density at radius 3 is 2.12 bits per heavy atom. The zero-order chi connectivity index (χ0) is 12.2. The number of hydrogen-bond acceptors (Lipinski definition) is 2. The number of rotatable bonds is 4. The van der Waals surface area contributed by atoms with Gasteiger partial charge in [-0.2, -0.15) is 0 Å². The van der Waals surface area contributed by atoms with Gasteiger partial charge in [-0.1, -0.05) is 33.6 Å². The fraction of sp³-hybridized carbons (Fsp3) is 1.00. The molecule has 0 bridgehead atoms. The average Bonchev–Trinajstić information content (AvgIpc) is 2.25. The molecule has 1 unspecified atom stereocenters. The Labute approximate surface area is 101 Å². The molecule has 16 heavy (non-hydrogen) atoms. The molecule has 1 saturated carbocycles. The van der Waals surface area contributed by atoms with Crippen LogP contribution in [-0.2, 0) is 0 Å². The zero-order valence-corrected chi connectivity index (χ0v) is 11.2. The smallest absolute Gasteiger partial charge is 0.0471 e. The second-order valence-electron chi connectivity index (χ2n) is 6.60. The summed E-state index contributed by atoms with van der Waals surface area (Å²) in [5.41, 5.74) is 6.10. The van der Waals surface area contributed by atoms with Gasteiger partial charge in [0.2, 0.25) is 0 Å². The lowest BCUT2D eigenvalue weighted by Gasteiger charge is -2.37. The molecule has 0 aromatic heterocycles. The van der Waals surface area contributed by atoms with Gasteiger partial charge >= 0.3 is 0 Å². The minimum Gasteiger partial charge on any atom is -0.396 e. The van der Waals surface area contributed by atoms with E-state index in [1.807, 2.05) is 0 Å². The lowest BCUT2D eigenvalue weighted by molar-refractivity contribution is 0.127. The molecule has 0 saturated heterocycles. The first kappa shape index (κ1) is 14.0. The quantitative estimate of drug-likeness (QED) is 0.776. The molecule has 1 aliphatic carbocycles. The van der Waals surface area contributed by atoms with E-state index in [0.29, 0.717) is 17.9 Å². The van der Waals surface area contributed by atoms with Gasteiger partial charge in [0.25, 0.3) is 0 Å². The van der Waals surface area contributed by atoms with Crippen LogP contribution in [-0.4, -0.2) is 18.3 Å². The van der Waals surface area contributed by atoms with Gasteiger partial charge in [-0.25, -0.2) is 0 Å². The van der Waals surface area contributed by atoms with Crippen molar-refractivity contribution in [2.24, 2.45) is 28.9 Å². The van der Waals surface area contributed by atoms with E-state index in [9.17, 15) is 0 Å². The van der Waals surface area contributed by atoms with Crippen LogP contribution in [0.3, 0.4) is 0 Å². The van der Waals surface area contributed by atoms with Crippen molar-refractivity contribution in [2.75, 3.05) is 13.2 Å². The van der Waals surface area contributed by atoms with Gasteiger partial charge in [0.1, 0.15) is 0 Å². The van der Waals surface area contributed by atoms with E-state index in [2.05, 4.69) is 20.8 Å². The summed E-state index contributed by atoms with van der Waals surface area (Å²) in [6.45, 7) is 7.96. The Morgan fingerprint density at radius 2 is 1.75 bits per heavy atom. The standard InChI is InChI=1S/C14H29NO/c1-14(2,3)13-6-4-11(5-7-13)8-12(9-15)10-16/h11-13,16H,4-10,15H2,1-3H3. The normalized spacial score (nSPS) is 29.1. The molecule has 2 nitrogen and oxygen atoms in total. The van der Waals surface area contributed by atoms with E-state index in [4.69, 9.17) is 10.8 Å². The minimum absolute atomic E-state index is 0.260. The first-order chi connectivity index (χ1) is 7.47. The molecule has 2 heteroatoms. The topological polar surface area (TPSA) is 46.2 Å². The summed E-state index contributed by atoms with van der Waals surface area (Å²) >= 11 is 0. The third-order valence-corrected chi connectivity index (χ3v) is 4.33. The van der Waals surface area contributed by atoms with Crippen LogP contribution < -0.4 is 5.73 Å². The first-order valence-electron chi connectivity index (χ1n) is 6.78. The van der Waals surface area contributed by atoms with Crippen molar-refractivity contribution in [1.29, 1.82) is 0 Å². The second kappa shape index (κ2) is 6.02. The Morgan fingerprint density at radius 1 is 1.19 bits per heavy atom. The maximum Gasteiger partial charge on any atom is 0.0471 e. The minimum atomic E-state index is 0.260. The van der Waals surface area contributed by atoms with E-state index in [-0.39, 0.29) is 6.61 Å². The maximum atomic E-state index is 9.16. The Balaban J connectivity index is 2.32. The molecular formula is C14H29NO. The van der Waals surface area contributed by atoms with Gasteiger partial charge < -0.3 is 10.8 Å². The Hall–Kier alpha value is -0.0800. The fourth-order valence-corrected chi connectivity index (χ4v) is 2.98. The van der Waals surface area contributed by atoms with Gasteiger partial charge in [-0.15, -0.1) is 0 Å². The summed E-state index contributed by atoms with van der Waals surface area (Å²) < 4.78 is 0. The number of nitrogens with two attached hydrogens (primary N) is 1. The molecular weight excluding hydrogens is 198 g/mol. The van der Waals surface area contributed by atoms with Crippen molar-refractivity contribution in [1.82, 2.24) is 0 Å². The first-order valence-corrected chi connectivity index (χ1v) is 6.78. The second-order valence-corrected chi connectivity index (χ2v) is 6.60. The molecule has 0 amide bonds. The summed E-state index contributed by atoms with van der Waals surface area (Å²) in [4.78, 5) is 0. The highest BCUT2D eigenvalue weighted by molar-refractivity contribution is 4.81. The molecule has 1 fully saturated rings. The van der Waals surface area contributed by atoms with E-state index in [1.54, 1.807) is 0 Å². The lowest BCUT2D eigenvalue weighted by atomic mass is 9.68. The van der Waals surface area contributed by atoms with Gasteiger partial charge in [-0.3, -0.25) is 0 Å².